The molecule has 0 radical (unpaired) electrons. The fourth-order valence-electron chi connectivity index (χ4n) is 4.82. The number of rotatable bonds is 14. The van der Waals surface area contributed by atoms with Crippen molar-refractivity contribution in [3.8, 4) is 0 Å². The summed E-state index contributed by atoms with van der Waals surface area (Å²) in [5.74, 6) is -1.87. The van der Waals surface area contributed by atoms with Crippen LogP contribution in [0.25, 0.3) is 0 Å². The van der Waals surface area contributed by atoms with Crippen molar-refractivity contribution in [2.45, 2.75) is 85.2 Å². The molecular weight excluding hydrogens is 492 g/mol. The van der Waals surface area contributed by atoms with Gasteiger partial charge in [-0.1, -0.05) is 41.5 Å². The van der Waals surface area contributed by atoms with Gasteiger partial charge in [0.05, 0.1) is 6.04 Å². The standard InChI is InChI=1S/C26H48N6O6/c1-16(2)13-20(23(37)30(10)21(17(3)4)22(36)27-9)31(11)26(15-34,18(5)6)32(12)24(38)29-25(8,14-33)28-19(7)35/h14-18,20-21H,13H2,1-12H3,(H,27,36)(H,28,35)(H,29,38). The topological polar surface area (TPSA) is 148 Å². The second-order valence-corrected chi connectivity index (χ2v) is 11.1. The second kappa shape index (κ2) is 14.2. The van der Waals surface area contributed by atoms with E-state index in [9.17, 15) is 28.8 Å². The highest BCUT2D eigenvalue weighted by atomic mass is 16.2. The molecule has 0 saturated carbocycles. The lowest BCUT2D eigenvalue weighted by atomic mass is 9.89. The number of amides is 5. The minimum absolute atomic E-state index is 0.0334. The summed E-state index contributed by atoms with van der Waals surface area (Å²) in [6.45, 7) is 13.6. The first-order chi connectivity index (χ1) is 17.4. The van der Waals surface area contributed by atoms with Crippen LogP contribution in [-0.4, -0.2) is 103 Å². The quantitative estimate of drug-likeness (QED) is 0.218. The molecule has 0 aliphatic carbocycles. The Labute approximate surface area is 227 Å². The van der Waals surface area contributed by atoms with Crippen molar-refractivity contribution in [2.24, 2.45) is 17.8 Å². The number of hydrogen-bond acceptors (Lipinski definition) is 7. The third kappa shape index (κ3) is 7.99. The third-order valence-corrected chi connectivity index (χ3v) is 6.83. The van der Waals surface area contributed by atoms with E-state index in [1.807, 2.05) is 27.7 Å². The van der Waals surface area contributed by atoms with E-state index in [2.05, 4.69) is 16.0 Å². The highest BCUT2D eigenvalue weighted by Crippen LogP contribution is 2.31. The zero-order chi connectivity index (χ0) is 30.2. The Hall–Kier alpha value is -3.02. The first-order valence-electron chi connectivity index (χ1n) is 12.8. The molecule has 0 aliphatic rings. The van der Waals surface area contributed by atoms with Crippen molar-refractivity contribution in [3.63, 3.8) is 0 Å². The molecule has 4 atom stereocenters. The Balaban J connectivity index is 6.67. The van der Waals surface area contributed by atoms with Gasteiger partial charge in [0.1, 0.15) is 6.04 Å². The van der Waals surface area contributed by atoms with Gasteiger partial charge in [0.15, 0.2) is 23.9 Å². The largest absolute Gasteiger partial charge is 0.357 e. The van der Waals surface area contributed by atoms with Gasteiger partial charge in [-0.3, -0.25) is 28.9 Å². The number of nitrogens with zero attached hydrogens (tertiary/aromatic N) is 3. The van der Waals surface area contributed by atoms with Gasteiger partial charge < -0.3 is 25.8 Å². The van der Waals surface area contributed by atoms with Crippen LogP contribution in [0.15, 0.2) is 0 Å². The van der Waals surface area contributed by atoms with Crippen LogP contribution in [0.4, 0.5) is 4.79 Å². The number of carbonyl (C=O) groups is 6. The summed E-state index contributed by atoms with van der Waals surface area (Å²) in [6, 6.07) is -2.43. The van der Waals surface area contributed by atoms with Gasteiger partial charge in [-0.05, 0) is 38.1 Å². The molecule has 0 fully saturated rings. The van der Waals surface area contributed by atoms with E-state index in [-0.39, 0.29) is 23.7 Å². The summed E-state index contributed by atoms with van der Waals surface area (Å²) in [5.41, 5.74) is -3.34. The van der Waals surface area contributed by atoms with Crippen LogP contribution in [-0.2, 0) is 24.0 Å². The summed E-state index contributed by atoms with van der Waals surface area (Å²) in [7, 11) is 6.04. The van der Waals surface area contributed by atoms with E-state index in [0.29, 0.717) is 19.0 Å². The summed E-state index contributed by atoms with van der Waals surface area (Å²) >= 11 is 0. The van der Waals surface area contributed by atoms with Crippen molar-refractivity contribution in [3.05, 3.63) is 0 Å². The maximum atomic E-state index is 13.9. The average Bonchev–Trinajstić information content (AvgIpc) is 2.81. The molecule has 0 bridgehead atoms. The van der Waals surface area contributed by atoms with Crippen molar-refractivity contribution >= 4 is 36.3 Å². The number of urea groups is 1. The van der Waals surface area contributed by atoms with E-state index in [4.69, 9.17) is 0 Å². The Morgan fingerprint density at radius 1 is 0.895 bits per heavy atom. The zero-order valence-corrected chi connectivity index (χ0v) is 25.0. The molecule has 12 nitrogen and oxygen atoms in total. The molecule has 0 saturated heterocycles. The van der Waals surface area contributed by atoms with Gasteiger partial charge in [0.2, 0.25) is 17.7 Å². The van der Waals surface area contributed by atoms with E-state index < -0.39 is 41.3 Å². The minimum Gasteiger partial charge on any atom is -0.357 e. The summed E-state index contributed by atoms with van der Waals surface area (Å²) in [4.78, 5) is 80.1. The molecule has 38 heavy (non-hydrogen) atoms. The van der Waals surface area contributed by atoms with Gasteiger partial charge in [0.25, 0.3) is 0 Å². The van der Waals surface area contributed by atoms with Gasteiger partial charge in [-0.25, -0.2) is 4.79 Å². The molecule has 0 aromatic carbocycles. The van der Waals surface area contributed by atoms with Gasteiger partial charge >= 0.3 is 6.03 Å². The van der Waals surface area contributed by atoms with Crippen LogP contribution in [0.2, 0.25) is 0 Å². The zero-order valence-electron chi connectivity index (χ0n) is 25.0. The van der Waals surface area contributed by atoms with E-state index in [1.54, 1.807) is 32.8 Å². The lowest BCUT2D eigenvalue weighted by Gasteiger charge is -2.50. The Morgan fingerprint density at radius 2 is 1.42 bits per heavy atom. The van der Waals surface area contributed by atoms with Crippen LogP contribution in [0, 0.1) is 17.8 Å². The summed E-state index contributed by atoms with van der Waals surface area (Å²) in [6.07, 6.45) is 1.33. The smallest absolute Gasteiger partial charge is 0.321 e. The lowest BCUT2D eigenvalue weighted by molar-refractivity contribution is -0.154. The van der Waals surface area contributed by atoms with Crippen molar-refractivity contribution in [1.29, 1.82) is 0 Å². The molecule has 12 heteroatoms. The van der Waals surface area contributed by atoms with Crippen LogP contribution in [0.1, 0.15) is 61.8 Å². The van der Waals surface area contributed by atoms with Crippen molar-refractivity contribution in [1.82, 2.24) is 30.7 Å². The molecule has 0 heterocycles. The monoisotopic (exact) mass is 540 g/mol. The molecule has 4 unspecified atom stereocenters. The maximum Gasteiger partial charge on any atom is 0.321 e. The summed E-state index contributed by atoms with van der Waals surface area (Å²) < 4.78 is 0. The lowest BCUT2D eigenvalue weighted by Crippen LogP contribution is -2.72. The third-order valence-electron chi connectivity index (χ3n) is 6.83. The first-order valence-corrected chi connectivity index (χ1v) is 12.8. The molecule has 0 aromatic heterocycles. The molecule has 0 spiro atoms. The van der Waals surface area contributed by atoms with Crippen LogP contribution >= 0.6 is 0 Å². The average molecular weight is 541 g/mol. The molecule has 3 N–H and O–H groups in total. The molecule has 0 rings (SSSR count). The molecule has 0 aromatic rings. The fraction of sp³-hybridized carbons (Fsp3) is 0.769. The minimum atomic E-state index is -1.72. The number of likely N-dealkylation sites (N-methyl/N-ethyl adjacent to an activating group) is 4. The molecule has 218 valence electrons. The fourth-order valence-corrected chi connectivity index (χ4v) is 4.82. The van der Waals surface area contributed by atoms with Crippen LogP contribution in [0.3, 0.4) is 0 Å². The molecule has 5 amide bonds. The Kier molecular flexibility index (Phi) is 13.1. The van der Waals surface area contributed by atoms with Crippen molar-refractivity contribution in [2.75, 3.05) is 28.2 Å². The van der Waals surface area contributed by atoms with Crippen LogP contribution < -0.4 is 16.0 Å². The predicted molar refractivity (Wildman–Crippen MR) is 145 cm³/mol. The Bertz CT molecular complexity index is 878. The number of nitrogens with one attached hydrogen (secondary N) is 3. The molecule has 0 aliphatic heterocycles. The normalized spacial score (nSPS) is 16.2. The second-order valence-electron chi connectivity index (χ2n) is 11.1. The van der Waals surface area contributed by atoms with Gasteiger partial charge in [-0.2, -0.15) is 0 Å². The van der Waals surface area contributed by atoms with Gasteiger partial charge in [0, 0.05) is 28.1 Å². The highest BCUT2D eigenvalue weighted by molar-refractivity contribution is 5.91. The number of aldehydes is 2. The SMILES string of the molecule is CNC(=O)C(C(C)C)N(C)C(=O)C(CC(C)C)N(C)C(C=O)(C(C)C)N(C)C(=O)NC(C)(C=O)NC(C)=O. The maximum absolute atomic E-state index is 13.9. The summed E-state index contributed by atoms with van der Waals surface area (Å²) in [5, 5.41) is 7.44. The first kappa shape index (κ1) is 35.0. The van der Waals surface area contributed by atoms with Gasteiger partial charge in [-0.15, -0.1) is 0 Å². The van der Waals surface area contributed by atoms with E-state index in [1.165, 1.54) is 32.8 Å². The number of hydrogen-bond donors (Lipinski definition) is 3. The van der Waals surface area contributed by atoms with Crippen molar-refractivity contribution < 1.29 is 28.8 Å². The molecular formula is C26H48N6O6. The highest BCUT2D eigenvalue weighted by Gasteiger charge is 2.50. The predicted octanol–water partition coefficient (Wildman–Crippen LogP) is 0.806. The van der Waals surface area contributed by atoms with E-state index >= 15 is 0 Å². The number of carbonyl (C=O) groups excluding carboxylic acids is 6. The van der Waals surface area contributed by atoms with Crippen LogP contribution in [0.5, 0.6) is 0 Å². The Morgan fingerprint density at radius 3 is 1.76 bits per heavy atom. The van der Waals surface area contributed by atoms with E-state index in [0.717, 1.165) is 4.90 Å².